The highest BCUT2D eigenvalue weighted by molar-refractivity contribution is 5.90. The fourth-order valence-electron chi connectivity index (χ4n) is 1.67. The lowest BCUT2D eigenvalue weighted by Crippen LogP contribution is -2.17. The van der Waals surface area contributed by atoms with Gasteiger partial charge < -0.3 is 5.32 Å². The van der Waals surface area contributed by atoms with Crippen LogP contribution < -0.4 is 5.32 Å². The lowest BCUT2D eigenvalue weighted by atomic mass is 10.2. The van der Waals surface area contributed by atoms with Gasteiger partial charge in [-0.05, 0) is 6.92 Å². The van der Waals surface area contributed by atoms with Crippen molar-refractivity contribution in [3.8, 4) is 0 Å². The number of hydrogen-bond donors (Lipinski definition) is 1. The van der Waals surface area contributed by atoms with Gasteiger partial charge in [0, 0.05) is 13.0 Å². The number of aromatic nitrogens is 6. The normalized spacial score (nSPS) is 11.1. The first-order valence-corrected chi connectivity index (χ1v) is 6.59. The van der Waals surface area contributed by atoms with Crippen LogP contribution >= 0.6 is 0 Å². The summed E-state index contributed by atoms with van der Waals surface area (Å²) < 4.78 is 1.64. The number of hydrogen-bond acceptors (Lipinski definition) is 5. The predicted molar refractivity (Wildman–Crippen MR) is 73.1 cm³/mol. The van der Waals surface area contributed by atoms with Crippen LogP contribution in [-0.4, -0.2) is 35.7 Å². The van der Waals surface area contributed by atoms with E-state index < -0.39 is 0 Å². The van der Waals surface area contributed by atoms with Gasteiger partial charge in [0.15, 0.2) is 11.6 Å². The molecule has 0 atom stereocenters. The number of carbonyl (C=O) groups is 1. The first-order chi connectivity index (χ1) is 9.49. The number of amides is 1. The average molecular weight is 277 g/mol. The highest BCUT2D eigenvalue weighted by atomic mass is 16.1. The van der Waals surface area contributed by atoms with Gasteiger partial charge in [-0.1, -0.05) is 13.8 Å². The largest absolute Gasteiger partial charge is 0.307 e. The fraction of sp³-hybridized carbons (Fsp3) is 0.583. The molecule has 0 fully saturated rings. The van der Waals surface area contributed by atoms with Gasteiger partial charge in [-0.15, -0.1) is 5.10 Å². The molecule has 2 rings (SSSR count). The van der Waals surface area contributed by atoms with Crippen LogP contribution in [0, 0.1) is 0 Å². The van der Waals surface area contributed by atoms with Gasteiger partial charge in [0.25, 0.3) is 0 Å². The standard InChI is InChI=1S/C12H19N7O/c1-5-19-13-7-9(16-19)14-11(20)6-10-15-12(8(2)3)17-18(10)4/h7-8H,5-6H2,1-4H3,(H,14,16,20). The Morgan fingerprint density at radius 2 is 2.15 bits per heavy atom. The van der Waals surface area contributed by atoms with Crippen molar-refractivity contribution in [2.75, 3.05) is 5.32 Å². The minimum Gasteiger partial charge on any atom is -0.307 e. The molecule has 0 spiro atoms. The number of anilines is 1. The average Bonchev–Trinajstić information content (AvgIpc) is 2.97. The molecule has 2 aromatic rings. The Labute approximate surface area is 117 Å². The highest BCUT2D eigenvalue weighted by Gasteiger charge is 2.14. The quantitative estimate of drug-likeness (QED) is 0.870. The molecule has 8 nitrogen and oxygen atoms in total. The molecule has 0 radical (unpaired) electrons. The van der Waals surface area contributed by atoms with Crippen LogP contribution in [0.2, 0.25) is 0 Å². The van der Waals surface area contributed by atoms with Crippen molar-refractivity contribution in [1.29, 1.82) is 0 Å². The second-order valence-corrected chi connectivity index (χ2v) is 4.81. The van der Waals surface area contributed by atoms with Gasteiger partial charge in [-0.25, -0.2) is 4.98 Å². The molecular weight excluding hydrogens is 258 g/mol. The van der Waals surface area contributed by atoms with Gasteiger partial charge in [0.05, 0.1) is 19.2 Å². The third-order valence-electron chi connectivity index (χ3n) is 2.79. The molecule has 0 bridgehead atoms. The first kappa shape index (κ1) is 14.2. The van der Waals surface area contributed by atoms with Crippen LogP contribution in [0.3, 0.4) is 0 Å². The molecule has 2 aromatic heterocycles. The molecule has 0 unspecified atom stereocenters. The lowest BCUT2D eigenvalue weighted by molar-refractivity contribution is -0.115. The number of aryl methyl sites for hydroxylation is 2. The van der Waals surface area contributed by atoms with Gasteiger partial charge in [-0.3, -0.25) is 9.48 Å². The van der Waals surface area contributed by atoms with E-state index in [1.807, 2.05) is 20.8 Å². The minimum absolute atomic E-state index is 0.162. The zero-order valence-corrected chi connectivity index (χ0v) is 12.2. The van der Waals surface area contributed by atoms with Crippen molar-refractivity contribution in [1.82, 2.24) is 29.8 Å². The Kier molecular flexibility index (Phi) is 4.11. The summed E-state index contributed by atoms with van der Waals surface area (Å²) in [6.07, 6.45) is 1.69. The van der Waals surface area contributed by atoms with E-state index >= 15 is 0 Å². The van der Waals surface area contributed by atoms with Crippen LogP contribution in [0.15, 0.2) is 6.20 Å². The maximum Gasteiger partial charge on any atom is 0.233 e. The third kappa shape index (κ3) is 3.19. The molecule has 108 valence electrons. The number of nitrogens with zero attached hydrogens (tertiary/aromatic N) is 6. The Bertz CT molecular complexity index is 599. The maximum atomic E-state index is 11.9. The van der Waals surface area contributed by atoms with Gasteiger partial charge >= 0.3 is 0 Å². The smallest absolute Gasteiger partial charge is 0.233 e. The van der Waals surface area contributed by atoms with E-state index in [1.54, 1.807) is 11.7 Å². The van der Waals surface area contributed by atoms with E-state index in [4.69, 9.17) is 0 Å². The van der Waals surface area contributed by atoms with Crippen molar-refractivity contribution >= 4 is 11.7 Å². The van der Waals surface area contributed by atoms with Crippen LogP contribution in [0.5, 0.6) is 0 Å². The highest BCUT2D eigenvalue weighted by Crippen LogP contribution is 2.10. The van der Waals surface area contributed by atoms with E-state index in [1.165, 1.54) is 11.0 Å². The molecule has 0 saturated heterocycles. The van der Waals surface area contributed by atoms with Crippen molar-refractivity contribution in [3.63, 3.8) is 0 Å². The molecule has 0 aliphatic rings. The molecule has 8 heteroatoms. The van der Waals surface area contributed by atoms with Crippen molar-refractivity contribution in [2.24, 2.45) is 7.05 Å². The molecule has 0 aliphatic carbocycles. The van der Waals surface area contributed by atoms with E-state index in [0.29, 0.717) is 18.2 Å². The molecule has 2 heterocycles. The van der Waals surface area contributed by atoms with Gasteiger partial charge in [0.2, 0.25) is 5.91 Å². The fourth-order valence-corrected chi connectivity index (χ4v) is 1.67. The first-order valence-electron chi connectivity index (χ1n) is 6.59. The second-order valence-electron chi connectivity index (χ2n) is 4.81. The summed E-state index contributed by atoms with van der Waals surface area (Å²) in [5, 5.41) is 15.1. The zero-order chi connectivity index (χ0) is 14.7. The van der Waals surface area contributed by atoms with Crippen LogP contribution in [0.25, 0.3) is 0 Å². The number of rotatable bonds is 5. The summed E-state index contributed by atoms with van der Waals surface area (Å²) in [4.78, 5) is 17.8. The summed E-state index contributed by atoms with van der Waals surface area (Å²) in [6.45, 7) is 6.62. The van der Waals surface area contributed by atoms with E-state index in [-0.39, 0.29) is 18.2 Å². The lowest BCUT2D eigenvalue weighted by Gasteiger charge is -2.00. The Balaban J connectivity index is 2.00. The molecule has 20 heavy (non-hydrogen) atoms. The summed E-state index contributed by atoms with van der Waals surface area (Å²) >= 11 is 0. The Morgan fingerprint density at radius 3 is 2.70 bits per heavy atom. The molecule has 0 aliphatic heterocycles. The van der Waals surface area contributed by atoms with E-state index in [2.05, 4.69) is 25.6 Å². The molecule has 0 aromatic carbocycles. The second kappa shape index (κ2) is 5.81. The van der Waals surface area contributed by atoms with Crippen LogP contribution in [-0.2, 0) is 24.8 Å². The van der Waals surface area contributed by atoms with Crippen LogP contribution in [0.1, 0.15) is 38.3 Å². The zero-order valence-electron chi connectivity index (χ0n) is 12.2. The number of carbonyl (C=O) groups excluding carboxylic acids is 1. The van der Waals surface area contributed by atoms with Crippen molar-refractivity contribution in [2.45, 2.75) is 39.7 Å². The Morgan fingerprint density at radius 1 is 1.40 bits per heavy atom. The van der Waals surface area contributed by atoms with Crippen LogP contribution in [0.4, 0.5) is 5.82 Å². The molecular formula is C12H19N7O. The maximum absolute atomic E-state index is 11.9. The third-order valence-corrected chi connectivity index (χ3v) is 2.79. The Hall–Kier alpha value is -2.25. The minimum atomic E-state index is -0.182. The topological polar surface area (TPSA) is 90.5 Å². The molecule has 0 saturated carbocycles. The summed E-state index contributed by atoms with van der Waals surface area (Å²) in [5.41, 5.74) is 0. The van der Waals surface area contributed by atoms with Crippen molar-refractivity contribution < 1.29 is 4.79 Å². The predicted octanol–water partition coefficient (Wildman–Crippen LogP) is 0.731. The summed E-state index contributed by atoms with van der Waals surface area (Å²) in [7, 11) is 1.79. The molecule has 1 amide bonds. The van der Waals surface area contributed by atoms with Gasteiger partial charge in [0.1, 0.15) is 5.82 Å². The molecule has 1 N–H and O–H groups in total. The van der Waals surface area contributed by atoms with E-state index in [0.717, 1.165) is 5.82 Å². The summed E-state index contributed by atoms with van der Waals surface area (Å²) in [5.74, 6) is 1.88. The summed E-state index contributed by atoms with van der Waals surface area (Å²) in [6, 6.07) is 0. The SMILES string of the molecule is CCn1ncc(NC(=O)Cc2nc(C(C)C)nn2C)n1. The van der Waals surface area contributed by atoms with Crippen molar-refractivity contribution in [3.05, 3.63) is 17.8 Å². The van der Waals surface area contributed by atoms with E-state index in [9.17, 15) is 4.79 Å². The number of nitrogens with one attached hydrogen (secondary N) is 1. The monoisotopic (exact) mass is 277 g/mol. The van der Waals surface area contributed by atoms with Gasteiger partial charge in [-0.2, -0.15) is 15.0 Å².